The van der Waals surface area contributed by atoms with E-state index in [4.69, 9.17) is 11.6 Å². The molecule has 2 aliphatic rings. The molecule has 4 heterocycles. The third-order valence-electron chi connectivity index (χ3n) is 4.49. The van der Waals surface area contributed by atoms with Gasteiger partial charge >= 0.3 is 0 Å². The first kappa shape index (κ1) is 13.1. The number of amides is 1. The summed E-state index contributed by atoms with van der Waals surface area (Å²) in [4.78, 5) is 19.0. The number of hydrogen-bond acceptors (Lipinski definition) is 3. The minimum Gasteiger partial charge on any atom is -0.347 e. The Morgan fingerprint density at radius 2 is 2.29 bits per heavy atom. The van der Waals surface area contributed by atoms with Crippen molar-refractivity contribution in [1.29, 1.82) is 0 Å². The first-order valence-electron chi connectivity index (χ1n) is 7.34. The summed E-state index contributed by atoms with van der Waals surface area (Å²) in [6.07, 6.45) is 5.75. The standard InChI is InChI=1S/C15H17ClN4O/c16-11-4-13-5-14(17-9-20(13)7-11)15(21)18-12-3-10-1-2-19(6-10)8-12/h4-5,7,9-10,12H,1-3,6,8H2,(H,18,21)/t10-,12+/m0/s1. The molecular formula is C15H17ClN4O. The maximum absolute atomic E-state index is 12.4. The fourth-order valence-corrected chi connectivity index (χ4v) is 3.74. The Morgan fingerprint density at radius 1 is 1.38 bits per heavy atom. The zero-order valence-electron chi connectivity index (χ0n) is 11.6. The van der Waals surface area contributed by atoms with E-state index in [2.05, 4.69) is 15.2 Å². The summed E-state index contributed by atoms with van der Waals surface area (Å²) in [7, 11) is 0. The monoisotopic (exact) mass is 304 g/mol. The fraction of sp³-hybridized carbons (Fsp3) is 0.467. The smallest absolute Gasteiger partial charge is 0.270 e. The van der Waals surface area contributed by atoms with Crippen LogP contribution < -0.4 is 5.32 Å². The molecule has 0 aromatic carbocycles. The number of aromatic nitrogens is 2. The maximum atomic E-state index is 12.4. The van der Waals surface area contributed by atoms with Gasteiger partial charge in [0.1, 0.15) is 12.0 Å². The number of nitrogens with one attached hydrogen (secondary N) is 1. The van der Waals surface area contributed by atoms with Gasteiger partial charge in [0.15, 0.2) is 0 Å². The summed E-state index contributed by atoms with van der Waals surface area (Å²) in [5, 5.41) is 3.77. The van der Waals surface area contributed by atoms with Crippen LogP contribution in [-0.2, 0) is 0 Å². The summed E-state index contributed by atoms with van der Waals surface area (Å²) >= 11 is 5.95. The number of carbonyl (C=O) groups excluding carboxylic acids is 1. The van der Waals surface area contributed by atoms with Gasteiger partial charge in [-0.2, -0.15) is 0 Å². The minimum atomic E-state index is -0.0951. The molecule has 1 unspecified atom stereocenters. The van der Waals surface area contributed by atoms with Crippen LogP contribution in [0.2, 0.25) is 5.02 Å². The van der Waals surface area contributed by atoms with Gasteiger partial charge in [0.25, 0.3) is 5.91 Å². The Balaban J connectivity index is 1.50. The number of hydrogen-bond donors (Lipinski definition) is 1. The first-order valence-corrected chi connectivity index (χ1v) is 7.71. The molecule has 4 rings (SSSR count). The molecule has 2 aromatic heterocycles. The second kappa shape index (κ2) is 5.00. The lowest BCUT2D eigenvalue weighted by atomic mass is 9.97. The number of nitrogens with zero attached hydrogens (tertiary/aromatic N) is 3. The Morgan fingerprint density at radius 3 is 3.14 bits per heavy atom. The number of carbonyl (C=O) groups is 1. The molecule has 1 N–H and O–H groups in total. The van der Waals surface area contributed by atoms with Crippen LogP contribution in [0.4, 0.5) is 0 Å². The molecular weight excluding hydrogens is 288 g/mol. The van der Waals surface area contributed by atoms with E-state index in [9.17, 15) is 4.79 Å². The van der Waals surface area contributed by atoms with E-state index < -0.39 is 0 Å². The summed E-state index contributed by atoms with van der Waals surface area (Å²) in [5.41, 5.74) is 1.33. The highest BCUT2D eigenvalue weighted by atomic mass is 35.5. The molecule has 0 saturated carbocycles. The lowest BCUT2D eigenvalue weighted by Gasteiger charge is -2.30. The van der Waals surface area contributed by atoms with Crippen molar-refractivity contribution in [2.75, 3.05) is 19.6 Å². The molecule has 1 amide bonds. The summed E-state index contributed by atoms with van der Waals surface area (Å²) in [6.45, 7) is 3.32. The number of fused-ring (bicyclic) bond motifs is 3. The molecule has 110 valence electrons. The van der Waals surface area contributed by atoms with Crippen molar-refractivity contribution in [2.45, 2.75) is 18.9 Å². The van der Waals surface area contributed by atoms with Crippen molar-refractivity contribution < 1.29 is 4.79 Å². The molecule has 2 aromatic rings. The van der Waals surface area contributed by atoms with Crippen LogP contribution in [0.5, 0.6) is 0 Å². The SMILES string of the molecule is O=C(N[C@@H]1C[C@@H]2CCN(C2)C1)c1cc2cc(Cl)cn2cn1. The van der Waals surface area contributed by atoms with Gasteiger partial charge in [-0.15, -0.1) is 0 Å². The van der Waals surface area contributed by atoms with Crippen LogP contribution in [-0.4, -0.2) is 45.9 Å². The molecule has 2 saturated heterocycles. The highest BCUT2D eigenvalue weighted by molar-refractivity contribution is 6.31. The van der Waals surface area contributed by atoms with Gasteiger partial charge < -0.3 is 14.6 Å². The van der Waals surface area contributed by atoms with E-state index in [1.54, 1.807) is 18.6 Å². The summed E-state index contributed by atoms with van der Waals surface area (Å²) in [6, 6.07) is 3.85. The largest absolute Gasteiger partial charge is 0.347 e. The molecule has 0 aliphatic carbocycles. The highest BCUT2D eigenvalue weighted by Gasteiger charge is 2.33. The number of halogens is 1. The molecule has 2 fully saturated rings. The topological polar surface area (TPSA) is 49.6 Å². The van der Waals surface area contributed by atoms with Gasteiger partial charge in [0.2, 0.25) is 0 Å². The molecule has 0 spiro atoms. The van der Waals surface area contributed by atoms with Crippen LogP contribution in [0.3, 0.4) is 0 Å². The van der Waals surface area contributed by atoms with Crippen molar-refractivity contribution in [3.8, 4) is 0 Å². The van der Waals surface area contributed by atoms with Crippen molar-refractivity contribution in [3.63, 3.8) is 0 Å². The first-order chi connectivity index (χ1) is 10.2. The van der Waals surface area contributed by atoms with E-state index >= 15 is 0 Å². The van der Waals surface area contributed by atoms with Crippen molar-refractivity contribution >= 4 is 23.0 Å². The van der Waals surface area contributed by atoms with E-state index in [1.807, 2.05) is 10.5 Å². The third-order valence-corrected chi connectivity index (χ3v) is 4.69. The zero-order valence-corrected chi connectivity index (χ0v) is 12.4. The Bertz CT molecular complexity index is 686. The quantitative estimate of drug-likeness (QED) is 0.920. The molecule has 6 heteroatoms. The van der Waals surface area contributed by atoms with Crippen LogP contribution >= 0.6 is 11.6 Å². The lowest BCUT2D eigenvalue weighted by Crippen LogP contribution is -2.47. The van der Waals surface area contributed by atoms with Gasteiger partial charge in [-0.1, -0.05) is 11.6 Å². The van der Waals surface area contributed by atoms with Gasteiger partial charge in [-0.25, -0.2) is 4.98 Å². The molecule has 21 heavy (non-hydrogen) atoms. The normalized spacial score (nSPS) is 28.0. The van der Waals surface area contributed by atoms with Crippen molar-refractivity contribution in [2.24, 2.45) is 5.92 Å². The molecule has 2 bridgehead atoms. The number of piperidine rings is 1. The van der Waals surface area contributed by atoms with E-state index in [-0.39, 0.29) is 11.9 Å². The summed E-state index contributed by atoms with van der Waals surface area (Å²) < 4.78 is 1.81. The summed E-state index contributed by atoms with van der Waals surface area (Å²) in [5.74, 6) is 0.645. The van der Waals surface area contributed by atoms with Crippen LogP contribution in [0, 0.1) is 5.92 Å². The molecule has 5 nitrogen and oxygen atoms in total. The van der Waals surface area contributed by atoms with Gasteiger partial charge in [0.05, 0.1) is 10.5 Å². The Hall–Kier alpha value is -1.59. The van der Waals surface area contributed by atoms with Gasteiger partial charge in [0, 0.05) is 25.3 Å². The zero-order chi connectivity index (χ0) is 14.4. The predicted octanol–water partition coefficient (Wildman–Crippen LogP) is 1.81. The van der Waals surface area contributed by atoms with Gasteiger partial charge in [-0.3, -0.25) is 4.79 Å². The Labute approximate surface area is 127 Å². The van der Waals surface area contributed by atoms with Crippen molar-refractivity contribution in [1.82, 2.24) is 19.6 Å². The third kappa shape index (κ3) is 2.51. The van der Waals surface area contributed by atoms with E-state index in [1.165, 1.54) is 19.5 Å². The lowest BCUT2D eigenvalue weighted by molar-refractivity contribution is 0.0904. The highest BCUT2D eigenvalue weighted by Crippen LogP contribution is 2.26. The van der Waals surface area contributed by atoms with Gasteiger partial charge in [-0.05, 0) is 37.4 Å². The van der Waals surface area contributed by atoms with Crippen molar-refractivity contribution in [3.05, 3.63) is 35.4 Å². The predicted molar refractivity (Wildman–Crippen MR) is 80.6 cm³/mol. The average Bonchev–Trinajstić information content (AvgIpc) is 2.99. The van der Waals surface area contributed by atoms with Crippen LogP contribution in [0.15, 0.2) is 24.7 Å². The fourth-order valence-electron chi connectivity index (χ4n) is 3.53. The average molecular weight is 305 g/mol. The Kier molecular flexibility index (Phi) is 3.12. The molecule has 3 atom stereocenters. The van der Waals surface area contributed by atoms with E-state index in [0.717, 1.165) is 24.4 Å². The molecule has 2 aliphatic heterocycles. The second-order valence-electron chi connectivity index (χ2n) is 6.08. The van der Waals surface area contributed by atoms with Crippen LogP contribution in [0.25, 0.3) is 5.52 Å². The van der Waals surface area contributed by atoms with Crippen LogP contribution in [0.1, 0.15) is 23.3 Å². The van der Waals surface area contributed by atoms with E-state index in [0.29, 0.717) is 10.7 Å². The molecule has 0 radical (unpaired) electrons. The maximum Gasteiger partial charge on any atom is 0.270 e. The second-order valence-corrected chi connectivity index (χ2v) is 6.52. The minimum absolute atomic E-state index is 0.0951. The number of rotatable bonds is 2.